The van der Waals surface area contributed by atoms with Crippen LogP contribution in [0.2, 0.25) is 0 Å². The predicted octanol–water partition coefficient (Wildman–Crippen LogP) is 3.56. The van der Waals surface area contributed by atoms with Gasteiger partial charge >= 0.3 is 18.1 Å². The Morgan fingerprint density at radius 1 is 1.29 bits per heavy atom. The molecule has 0 aromatic heterocycles. The Morgan fingerprint density at radius 3 is 2.18 bits per heavy atom. The molecule has 0 heterocycles. The number of hydrogen-bond acceptors (Lipinski definition) is 2. The van der Waals surface area contributed by atoms with Crippen LogP contribution in [0.4, 0.5) is 22.0 Å². The van der Waals surface area contributed by atoms with Gasteiger partial charge in [-0.3, -0.25) is 4.79 Å². The van der Waals surface area contributed by atoms with Crippen molar-refractivity contribution in [3.05, 3.63) is 0 Å². The molecule has 17 heavy (non-hydrogen) atoms. The molecule has 0 fully saturated rings. The Kier molecular flexibility index (Phi) is 6.22. The van der Waals surface area contributed by atoms with Crippen molar-refractivity contribution in [3.8, 4) is 0 Å². The number of alkyl halides is 5. The summed E-state index contributed by atoms with van der Waals surface area (Å²) in [6.07, 6.45) is -6.19. The Labute approximate surface area is 99.6 Å². The van der Waals surface area contributed by atoms with Gasteiger partial charge in [-0.2, -0.15) is 22.0 Å². The van der Waals surface area contributed by atoms with Crippen LogP contribution in [0.1, 0.15) is 26.2 Å². The number of carboxylic acids is 1. The van der Waals surface area contributed by atoms with E-state index in [9.17, 15) is 26.7 Å². The molecule has 0 bridgehead atoms. The van der Waals surface area contributed by atoms with E-state index < -0.39 is 35.5 Å². The second-order valence-electron chi connectivity index (χ2n) is 3.44. The lowest BCUT2D eigenvalue weighted by molar-refractivity contribution is -0.282. The van der Waals surface area contributed by atoms with Crippen molar-refractivity contribution in [1.82, 2.24) is 0 Å². The lowest BCUT2D eigenvalue weighted by Gasteiger charge is -2.20. The van der Waals surface area contributed by atoms with Crippen LogP contribution in [0.3, 0.4) is 0 Å². The minimum absolute atomic E-state index is 0.248. The molecule has 102 valence electrons. The van der Waals surface area contributed by atoms with Gasteiger partial charge in [0.15, 0.2) is 0 Å². The molecule has 1 atom stereocenters. The number of carboxylic acid groups (broad SMARTS) is 1. The predicted molar refractivity (Wildman–Crippen MR) is 54.4 cm³/mol. The van der Waals surface area contributed by atoms with Gasteiger partial charge in [-0.05, 0) is 6.42 Å². The van der Waals surface area contributed by atoms with E-state index in [1.165, 1.54) is 0 Å². The standard InChI is InChI=1S/C9H13F5O2S/c1-2-3-6(7(15)16)17-5-4-8(10,11)9(12,13)14/h6H,2-5H2,1H3,(H,15,16). The molecule has 1 unspecified atom stereocenters. The molecule has 0 radical (unpaired) electrons. The van der Waals surface area contributed by atoms with Crippen molar-refractivity contribution in [3.63, 3.8) is 0 Å². The van der Waals surface area contributed by atoms with Crippen LogP contribution < -0.4 is 0 Å². The molecule has 8 heteroatoms. The quantitative estimate of drug-likeness (QED) is 0.724. The Morgan fingerprint density at radius 2 is 1.82 bits per heavy atom. The second-order valence-corrected chi connectivity index (χ2v) is 4.75. The van der Waals surface area contributed by atoms with Crippen LogP contribution in [-0.4, -0.2) is 34.2 Å². The normalized spacial score (nSPS) is 14.7. The van der Waals surface area contributed by atoms with Crippen molar-refractivity contribution in [1.29, 1.82) is 0 Å². The highest BCUT2D eigenvalue weighted by Crippen LogP contribution is 2.39. The molecular formula is C9H13F5O2S. The zero-order valence-corrected chi connectivity index (χ0v) is 9.88. The van der Waals surface area contributed by atoms with Crippen LogP contribution >= 0.6 is 11.8 Å². The summed E-state index contributed by atoms with van der Waals surface area (Å²) < 4.78 is 60.3. The highest BCUT2D eigenvalue weighted by atomic mass is 32.2. The summed E-state index contributed by atoms with van der Waals surface area (Å²) in [6, 6.07) is 0. The highest BCUT2D eigenvalue weighted by Gasteiger charge is 2.56. The number of thioether (sulfide) groups is 1. The van der Waals surface area contributed by atoms with Gasteiger partial charge in [-0.15, -0.1) is 11.8 Å². The van der Waals surface area contributed by atoms with E-state index in [1.54, 1.807) is 6.92 Å². The molecule has 0 aromatic carbocycles. The largest absolute Gasteiger partial charge is 0.480 e. The third-order valence-electron chi connectivity index (χ3n) is 1.98. The lowest BCUT2D eigenvalue weighted by atomic mass is 10.2. The highest BCUT2D eigenvalue weighted by molar-refractivity contribution is 8.00. The van der Waals surface area contributed by atoms with E-state index in [-0.39, 0.29) is 6.42 Å². The number of halogens is 5. The zero-order chi connectivity index (χ0) is 13.7. The summed E-state index contributed by atoms with van der Waals surface area (Å²) >= 11 is 0.618. The van der Waals surface area contributed by atoms with Crippen molar-refractivity contribution in [2.45, 2.75) is 43.5 Å². The van der Waals surface area contributed by atoms with Crippen LogP contribution in [0.5, 0.6) is 0 Å². The molecule has 2 nitrogen and oxygen atoms in total. The van der Waals surface area contributed by atoms with Gasteiger partial charge in [-0.25, -0.2) is 0 Å². The maximum atomic E-state index is 12.5. The van der Waals surface area contributed by atoms with E-state index >= 15 is 0 Å². The molecule has 0 spiro atoms. The average Bonchev–Trinajstić information content (AvgIpc) is 2.14. The van der Waals surface area contributed by atoms with Crippen molar-refractivity contribution in [2.24, 2.45) is 0 Å². The third-order valence-corrected chi connectivity index (χ3v) is 3.26. The van der Waals surface area contributed by atoms with E-state index in [0.29, 0.717) is 18.2 Å². The van der Waals surface area contributed by atoms with Gasteiger partial charge in [0, 0.05) is 12.2 Å². The first kappa shape index (κ1) is 16.5. The molecule has 0 rings (SSSR count). The summed E-state index contributed by atoms with van der Waals surface area (Å²) in [7, 11) is 0. The molecule has 0 aliphatic carbocycles. The van der Waals surface area contributed by atoms with Crippen molar-refractivity contribution in [2.75, 3.05) is 5.75 Å². The number of carbonyl (C=O) groups is 1. The van der Waals surface area contributed by atoms with E-state index in [0.717, 1.165) is 0 Å². The van der Waals surface area contributed by atoms with Gasteiger partial charge in [0.2, 0.25) is 0 Å². The first-order valence-electron chi connectivity index (χ1n) is 4.90. The van der Waals surface area contributed by atoms with Crippen LogP contribution in [0, 0.1) is 0 Å². The molecule has 0 aliphatic heterocycles. The van der Waals surface area contributed by atoms with Crippen LogP contribution in [0.25, 0.3) is 0 Å². The van der Waals surface area contributed by atoms with E-state index in [4.69, 9.17) is 5.11 Å². The van der Waals surface area contributed by atoms with Gasteiger partial charge in [0.05, 0.1) is 0 Å². The number of hydrogen-bond donors (Lipinski definition) is 1. The van der Waals surface area contributed by atoms with Gasteiger partial charge < -0.3 is 5.11 Å². The minimum atomic E-state index is -5.57. The fraction of sp³-hybridized carbons (Fsp3) is 0.889. The third kappa shape index (κ3) is 5.56. The maximum Gasteiger partial charge on any atom is 0.453 e. The van der Waals surface area contributed by atoms with Gasteiger partial charge in [-0.1, -0.05) is 13.3 Å². The summed E-state index contributed by atoms with van der Waals surface area (Å²) in [5, 5.41) is 7.74. The Balaban J connectivity index is 4.17. The average molecular weight is 280 g/mol. The van der Waals surface area contributed by atoms with Crippen molar-refractivity contribution >= 4 is 17.7 Å². The molecule has 0 aliphatic rings. The topological polar surface area (TPSA) is 37.3 Å². The Bertz CT molecular complexity index is 254. The van der Waals surface area contributed by atoms with E-state index in [2.05, 4.69) is 0 Å². The monoisotopic (exact) mass is 280 g/mol. The first-order chi connectivity index (χ1) is 7.62. The summed E-state index contributed by atoms with van der Waals surface area (Å²) in [5.41, 5.74) is 0. The molecule has 0 amide bonds. The number of rotatable bonds is 7. The molecule has 0 saturated heterocycles. The molecule has 1 N–H and O–H groups in total. The first-order valence-corrected chi connectivity index (χ1v) is 5.95. The molecule has 0 saturated carbocycles. The minimum Gasteiger partial charge on any atom is -0.480 e. The van der Waals surface area contributed by atoms with Gasteiger partial charge in [0.25, 0.3) is 0 Å². The number of aliphatic carboxylic acids is 1. The summed E-state index contributed by atoms with van der Waals surface area (Å²) in [4.78, 5) is 10.6. The molecule has 0 aromatic rings. The fourth-order valence-corrected chi connectivity index (χ4v) is 2.22. The smallest absolute Gasteiger partial charge is 0.453 e. The van der Waals surface area contributed by atoms with Gasteiger partial charge in [0.1, 0.15) is 5.25 Å². The SMILES string of the molecule is CCCC(SCCC(F)(F)C(F)(F)F)C(=O)O. The second kappa shape index (κ2) is 6.42. The maximum absolute atomic E-state index is 12.5. The zero-order valence-electron chi connectivity index (χ0n) is 9.06. The fourth-order valence-electron chi connectivity index (χ4n) is 1.01. The summed E-state index contributed by atoms with van der Waals surface area (Å²) in [6.45, 7) is 1.71. The Hall–Kier alpha value is -0.530. The van der Waals surface area contributed by atoms with Crippen LogP contribution in [0.15, 0.2) is 0 Å². The lowest BCUT2D eigenvalue weighted by Crippen LogP contribution is -2.37. The van der Waals surface area contributed by atoms with E-state index in [1.807, 2.05) is 0 Å². The molecular weight excluding hydrogens is 267 g/mol. The van der Waals surface area contributed by atoms with Crippen molar-refractivity contribution < 1.29 is 31.9 Å². The summed E-state index contributed by atoms with van der Waals surface area (Å²) in [5.74, 6) is -6.48. The van der Waals surface area contributed by atoms with Crippen LogP contribution in [-0.2, 0) is 4.79 Å².